The van der Waals surface area contributed by atoms with Gasteiger partial charge in [-0.25, -0.2) is 8.78 Å². The maximum Gasteiger partial charge on any atom is 0.320 e. The summed E-state index contributed by atoms with van der Waals surface area (Å²) in [5, 5.41) is 2.04. The van der Waals surface area contributed by atoms with Crippen LogP contribution in [-0.4, -0.2) is 43.3 Å². The van der Waals surface area contributed by atoms with Crippen LogP contribution in [0.25, 0.3) is 0 Å². The van der Waals surface area contributed by atoms with Gasteiger partial charge in [0.25, 0.3) is 0 Å². The van der Waals surface area contributed by atoms with Crippen molar-refractivity contribution in [1.29, 1.82) is 0 Å². The second-order valence-electron chi connectivity index (χ2n) is 2.68. The molecule has 0 radical (unpaired) electrons. The highest BCUT2D eigenvalue weighted by molar-refractivity contribution is 9.10. The van der Waals surface area contributed by atoms with Crippen molar-refractivity contribution < 1.29 is 27.1 Å². The zero-order chi connectivity index (χ0) is 12.1. The molecule has 0 aliphatic rings. The van der Waals surface area contributed by atoms with E-state index in [4.69, 9.17) is 0 Å². The largest absolute Gasteiger partial charge is 0.468 e. The summed E-state index contributed by atoms with van der Waals surface area (Å²) in [5.41, 5.74) is 0. The van der Waals surface area contributed by atoms with E-state index in [1.807, 2.05) is 5.32 Å². The molecule has 15 heavy (non-hydrogen) atoms. The van der Waals surface area contributed by atoms with Crippen LogP contribution in [0, 0.1) is 0 Å². The first-order chi connectivity index (χ1) is 6.81. The van der Waals surface area contributed by atoms with E-state index in [0.29, 0.717) is 0 Å². The Kier molecular flexibility index (Phi) is 6.11. The van der Waals surface area contributed by atoms with E-state index in [-0.39, 0.29) is 6.54 Å². The molecular weight excluding hydrogens is 286 g/mol. The van der Waals surface area contributed by atoms with Crippen LogP contribution in [0.15, 0.2) is 0 Å². The lowest BCUT2D eigenvalue weighted by molar-refractivity contribution is -0.140. The van der Waals surface area contributed by atoms with E-state index in [0.717, 1.165) is 7.11 Å². The van der Waals surface area contributed by atoms with Crippen molar-refractivity contribution in [3.8, 4) is 0 Å². The van der Waals surface area contributed by atoms with E-state index >= 15 is 0 Å². The molecule has 0 bridgehead atoms. The summed E-state index contributed by atoms with van der Waals surface area (Å²) >= 11 is 2.84. The number of halogens is 5. The van der Waals surface area contributed by atoms with Gasteiger partial charge in [0.15, 0.2) is 0 Å². The zero-order valence-electron chi connectivity index (χ0n) is 7.78. The van der Waals surface area contributed by atoms with Crippen molar-refractivity contribution in [2.24, 2.45) is 0 Å². The Hall–Kier alpha value is -0.370. The Bertz CT molecular complexity index is 215. The van der Waals surface area contributed by atoms with Gasteiger partial charge in [-0.3, -0.25) is 4.79 Å². The molecule has 0 aromatic rings. The third-order valence-electron chi connectivity index (χ3n) is 1.46. The Morgan fingerprint density at radius 1 is 1.53 bits per heavy atom. The maximum atomic E-state index is 12.3. The third-order valence-corrected chi connectivity index (χ3v) is 2.16. The van der Waals surface area contributed by atoms with Crippen LogP contribution in [-0.2, 0) is 9.53 Å². The smallest absolute Gasteiger partial charge is 0.320 e. The number of ether oxygens (including phenoxy) is 1. The summed E-state index contributed by atoms with van der Waals surface area (Å²) in [4.78, 5) is 9.92. The molecule has 0 heterocycles. The van der Waals surface area contributed by atoms with Crippen LogP contribution in [0.3, 0.4) is 0 Å². The summed E-state index contributed by atoms with van der Waals surface area (Å²) < 4.78 is 52.3. The Balaban J connectivity index is 3.84. The molecule has 0 aliphatic heterocycles. The van der Waals surface area contributed by atoms with Gasteiger partial charge in [-0.05, 0) is 0 Å². The molecule has 0 saturated heterocycles. The first-order valence-corrected chi connectivity index (χ1v) is 4.81. The number of esters is 1. The highest BCUT2D eigenvalue weighted by Crippen LogP contribution is 2.21. The quantitative estimate of drug-likeness (QED) is 0.457. The van der Waals surface area contributed by atoms with E-state index < -0.39 is 29.7 Å². The Morgan fingerprint density at radius 2 is 2.07 bits per heavy atom. The molecule has 1 N–H and O–H groups in total. The molecule has 0 aromatic heterocycles. The van der Waals surface area contributed by atoms with Gasteiger partial charge in [0.05, 0.1) is 13.7 Å². The van der Waals surface area contributed by atoms with Crippen molar-refractivity contribution in [3.05, 3.63) is 0 Å². The van der Waals surface area contributed by atoms with Crippen molar-refractivity contribution in [3.63, 3.8) is 0 Å². The van der Waals surface area contributed by atoms with Crippen LogP contribution < -0.4 is 5.32 Å². The predicted octanol–water partition coefficient (Wildman–Crippen LogP) is 1.41. The van der Waals surface area contributed by atoms with Crippen molar-refractivity contribution in [2.45, 2.75) is 17.2 Å². The molecule has 0 aromatic carbocycles. The van der Waals surface area contributed by atoms with Gasteiger partial charge in [0, 0.05) is 6.54 Å². The van der Waals surface area contributed by atoms with E-state index in [1.165, 1.54) is 0 Å². The van der Waals surface area contributed by atoms with Gasteiger partial charge in [0.1, 0.15) is 4.83 Å². The van der Waals surface area contributed by atoms with Crippen LogP contribution in [0.1, 0.15) is 0 Å². The maximum absolute atomic E-state index is 12.3. The fourth-order valence-corrected chi connectivity index (χ4v) is 1.07. The van der Waals surface area contributed by atoms with E-state index in [9.17, 15) is 22.4 Å². The number of methoxy groups -OCH3 is 1. The summed E-state index contributed by atoms with van der Waals surface area (Å²) in [6, 6.07) is 0. The fraction of sp³-hybridized carbons (Fsp3) is 0.857. The average Bonchev–Trinajstić information content (AvgIpc) is 2.15. The second kappa shape index (κ2) is 6.26. The monoisotopic (exact) mass is 295 g/mol. The van der Waals surface area contributed by atoms with Crippen LogP contribution in [0.4, 0.5) is 17.6 Å². The number of nitrogens with one attached hydrogen (secondary N) is 1. The minimum absolute atomic E-state index is 0.213. The number of carbonyl (C=O) groups is 1. The number of hydrogen-bond donors (Lipinski definition) is 1. The topological polar surface area (TPSA) is 38.3 Å². The summed E-state index contributed by atoms with van der Waals surface area (Å²) in [6.45, 7) is -1.40. The number of alkyl halides is 5. The predicted molar refractivity (Wildman–Crippen MR) is 48.6 cm³/mol. The first-order valence-electron chi connectivity index (χ1n) is 3.90. The summed E-state index contributed by atoms with van der Waals surface area (Å²) in [6.07, 6.45) is -3.73. The number of rotatable bonds is 6. The molecule has 0 fully saturated rings. The molecule has 0 amide bonds. The highest BCUT2D eigenvalue weighted by atomic mass is 79.9. The molecule has 90 valence electrons. The standard InChI is InChI=1S/C7H10BrF4NO2/c1-15-5(14)4(8)2-13-3-7(11,12)6(9)10/h4,6,13H,2-3H2,1H3. The van der Waals surface area contributed by atoms with E-state index in [2.05, 4.69) is 20.7 Å². The van der Waals surface area contributed by atoms with Crippen molar-refractivity contribution >= 4 is 21.9 Å². The normalized spacial score (nSPS) is 14.1. The second-order valence-corrected chi connectivity index (χ2v) is 3.79. The minimum atomic E-state index is -4.09. The first kappa shape index (κ1) is 14.6. The number of carbonyl (C=O) groups excluding carboxylic acids is 1. The molecule has 0 rings (SSSR count). The van der Waals surface area contributed by atoms with Crippen LogP contribution in [0.2, 0.25) is 0 Å². The van der Waals surface area contributed by atoms with Crippen LogP contribution >= 0.6 is 15.9 Å². The average molecular weight is 296 g/mol. The molecule has 8 heteroatoms. The SMILES string of the molecule is COC(=O)C(Br)CNCC(F)(F)C(F)F. The molecule has 0 aliphatic carbocycles. The third kappa shape index (κ3) is 5.31. The molecule has 0 spiro atoms. The minimum Gasteiger partial charge on any atom is -0.468 e. The van der Waals surface area contributed by atoms with E-state index in [1.54, 1.807) is 0 Å². The van der Waals surface area contributed by atoms with Crippen LogP contribution in [0.5, 0.6) is 0 Å². The van der Waals surface area contributed by atoms with Gasteiger partial charge < -0.3 is 10.1 Å². The lowest BCUT2D eigenvalue weighted by Gasteiger charge is -2.16. The summed E-state index contributed by atoms with van der Waals surface area (Å²) in [7, 11) is 1.13. The van der Waals surface area contributed by atoms with Crippen molar-refractivity contribution in [1.82, 2.24) is 5.32 Å². The Labute approximate surface area is 92.3 Å². The van der Waals surface area contributed by atoms with Gasteiger partial charge in [-0.2, -0.15) is 8.78 Å². The van der Waals surface area contributed by atoms with Crippen molar-refractivity contribution in [2.75, 3.05) is 20.2 Å². The summed E-state index contributed by atoms with van der Waals surface area (Å²) in [5.74, 6) is -4.76. The molecule has 1 atom stereocenters. The van der Waals surface area contributed by atoms with Gasteiger partial charge in [-0.15, -0.1) is 0 Å². The van der Waals surface area contributed by atoms with Gasteiger partial charge in [0.2, 0.25) is 0 Å². The molecular formula is C7H10BrF4NO2. The fourth-order valence-electron chi connectivity index (χ4n) is 0.654. The molecule has 3 nitrogen and oxygen atoms in total. The van der Waals surface area contributed by atoms with Gasteiger partial charge in [-0.1, -0.05) is 15.9 Å². The zero-order valence-corrected chi connectivity index (χ0v) is 9.36. The lowest BCUT2D eigenvalue weighted by Crippen LogP contribution is -2.41. The lowest BCUT2D eigenvalue weighted by atomic mass is 10.3. The number of hydrogen-bond acceptors (Lipinski definition) is 3. The molecule has 0 saturated carbocycles. The Morgan fingerprint density at radius 3 is 2.47 bits per heavy atom. The van der Waals surface area contributed by atoms with Gasteiger partial charge >= 0.3 is 18.3 Å². The highest BCUT2D eigenvalue weighted by Gasteiger charge is 2.40. The molecule has 1 unspecified atom stereocenters.